The van der Waals surface area contributed by atoms with Crippen molar-refractivity contribution in [1.29, 1.82) is 0 Å². The van der Waals surface area contributed by atoms with Gasteiger partial charge in [-0.05, 0) is 30.5 Å². The number of hydrogen-bond acceptors (Lipinski definition) is 2. The van der Waals surface area contributed by atoms with Gasteiger partial charge in [-0.1, -0.05) is 0 Å². The maximum atomic E-state index is 13.4. The molecule has 2 unspecified atom stereocenters. The van der Waals surface area contributed by atoms with E-state index in [0.29, 0.717) is 25.8 Å². The standard InChI is InChI=1S/C15H14F3NO2/c16-9-6-8(7-10(17)15(9)18)14-11-2-1-3-13(21)19(11)5-4-12(14)20/h6-7,11,14H,1-5H2. The molecule has 0 aliphatic carbocycles. The van der Waals surface area contributed by atoms with Crippen LogP contribution in [-0.2, 0) is 9.59 Å². The highest BCUT2D eigenvalue weighted by molar-refractivity contribution is 5.90. The fourth-order valence-corrected chi connectivity index (χ4v) is 3.35. The summed E-state index contributed by atoms with van der Waals surface area (Å²) in [6, 6.07) is 1.35. The number of hydrogen-bond donors (Lipinski definition) is 0. The van der Waals surface area contributed by atoms with Crippen molar-refractivity contribution >= 4 is 11.7 Å². The van der Waals surface area contributed by atoms with Crippen LogP contribution in [-0.4, -0.2) is 29.2 Å². The number of carbonyl (C=O) groups is 2. The van der Waals surface area contributed by atoms with E-state index in [1.54, 1.807) is 4.90 Å². The van der Waals surface area contributed by atoms with Crippen LogP contribution < -0.4 is 0 Å². The zero-order valence-electron chi connectivity index (χ0n) is 11.2. The van der Waals surface area contributed by atoms with Gasteiger partial charge in [0.2, 0.25) is 5.91 Å². The Balaban J connectivity index is 2.02. The first-order valence-electron chi connectivity index (χ1n) is 6.95. The summed E-state index contributed by atoms with van der Waals surface area (Å²) in [4.78, 5) is 25.7. The SMILES string of the molecule is O=C1CCN2C(=O)CCCC2C1c1cc(F)c(F)c(F)c1. The van der Waals surface area contributed by atoms with Crippen LogP contribution in [0.15, 0.2) is 12.1 Å². The van der Waals surface area contributed by atoms with Gasteiger partial charge in [0, 0.05) is 25.4 Å². The highest BCUT2D eigenvalue weighted by atomic mass is 19.2. The number of carbonyl (C=O) groups excluding carboxylic acids is 2. The van der Waals surface area contributed by atoms with Gasteiger partial charge in [-0.2, -0.15) is 0 Å². The maximum Gasteiger partial charge on any atom is 0.222 e. The molecule has 3 nitrogen and oxygen atoms in total. The van der Waals surface area contributed by atoms with Gasteiger partial charge in [0.25, 0.3) is 0 Å². The number of fused-ring (bicyclic) bond motifs is 1. The number of Topliss-reactive ketones (excluding diaryl/α,β-unsaturated/α-hetero) is 1. The van der Waals surface area contributed by atoms with Crippen molar-refractivity contribution in [2.45, 2.75) is 37.6 Å². The summed E-state index contributed by atoms with van der Waals surface area (Å²) in [6.45, 7) is 0.352. The quantitative estimate of drug-likeness (QED) is 0.747. The molecule has 2 aliphatic heterocycles. The molecular formula is C15H14F3NO2. The summed E-state index contributed by atoms with van der Waals surface area (Å²) in [6.07, 6.45) is 1.86. The number of rotatable bonds is 1. The Morgan fingerprint density at radius 1 is 1.05 bits per heavy atom. The van der Waals surface area contributed by atoms with E-state index in [1.807, 2.05) is 0 Å². The Hall–Kier alpha value is -1.85. The highest BCUT2D eigenvalue weighted by Gasteiger charge is 2.42. The lowest BCUT2D eigenvalue weighted by atomic mass is 9.78. The predicted octanol–water partition coefficient (Wildman–Crippen LogP) is 2.54. The Morgan fingerprint density at radius 3 is 2.38 bits per heavy atom. The second kappa shape index (κ2) is 5.16. The molecule has 0 spiro atoms. The summed E-state index contributed by atoms with van der Waals surface area (Å²) >= 11 is 0. The third kappa shape index (κ3) is 2.32. The topological polar surface area (TPSA) is 37.4 Å². The Labute approximate surface area is 119 Å². The van der Waals surface area contributed by atoms with E-state index in [4.69, 9.17) is 0 Å². The van der Waals surface area contributed by atoms with Crippen molar-refractivity contribution in [3.05, 3.63) is 35.1 Å². The Morgan fingerprint density at radius 2 is 1.71 bits per heavy atom. The molecule has 0 radical (unpaired) electrons. The van der Waals surface area contributed by atoms with Gasteiger partial charge in [-0.25, -0.2) is 13.2 Å². The van der Waals surface area contributed by atoms with E-state index < -0.39 is 23.4 Å². The van der Waals surface area contributed by atoms with Gasteiger partial charge in [0.05, 0.1) is 5.92 Å². The fourth-order valence-electron chi connectivity index (χ4n) is 3.35. The van der Waals surface area contributed by atoms with Crippen molar-refractivity contribution in [3.8, 4) is 0 Å². The van der Waals surface area contributed by atoms with Crippen LogP contribution in [0.3, 0.4) is 0 Å². The maximum absolute atomic E-state index is 13.4. The minimum absolute atomic E-state index is 0.0354. The molecule has 2 saturated heterocycles. The van der Waals surface area contributed by atoms with E-state index in [1.165, 1.54) is 0 Å². The molecule has 21 heavy (non-hydrogen) atoms. The fraction of sp³-hybridized carbons (Fsp3) is 0.467. The van der Waals surface area contributed by atoms with E-state index >= 15 is 0 Å². The molecule has 112 valence electrons. The zero-order valence-corrected chi connectivity index (χ0v) is 11.2. The Bertz CT molecular complexity index is 594. The summed E-state index contributed by atoms with van der Waals surface area (Å²) in [7, 11) is 0. The van der Waals surface area contributed by atoms with E-state index in [-0.39, 0.29) is 29.7 Å². The molecule has 0 aromatic heterocycles. The molecule has 2 heterocycles. The monoisotopic (exact) mass is 297 g/mol. The molecule has 6 heteroatoms. The van der Waals surface area contributed by atoms with Crippen molar-refractivity contribution < 1.29 is 22.8 Å². The normalized spacial score (nSPS) is 26.0. The lowest BCUT2D eigenvalue weighted by molar-refractivity contribution is -0.142. The summed E-state index contributed by atoms with van der Waals surface area (Å²) in [5.74, 6) is -5.12. The molecule has 0 N–H and O–H groups in total. The molecule has 1 amide bonds. The van der Waals surface area contributed by atoms with Gasteiger partial charge >= 0.3 is 0 Å². The predicted molar refractivity (Wildman–Crippen MR) is 68.0 cm³/mol. The van der Waals surface area contributed by atoms with Crippen LogP contribution in [0.2, 0.25) is 0 Å². The minimum Gasteiger partial charge on any atom is -0.338 e. The number of benzene rings is 1. The lowest BCUT2D eigenvalue weighted by Gasteiger charge is -2.43. The molecular weight excluding hydrogens is 283 g/mol. The third-order valence-corrected chi connectivity index (χ3v) is 4.31. The van der Waals surface area contributed by atoms with E-state index in [9.17, 15) is 22.8 Å². The van der Waals surface area contributed by atoms with Crippen molar-refractivity contribution in [2.75, 3.05) is 6.54 Å². The van der Waals surface area contributed by atoms with Crippen LogP contribution in [0.1, 0.15) is 37.2 Å². The average Bonchev–Trinajstić information content (AvgIpc) is 2.44. The van der Waals surface area contributed by atoms with Gasteiger partial charge in [0.15, 0.2) is 17.5 Å². The summed E-state index contributed by atoms with van der Waals surface area (Å²) < 4.78 is 39.9. The van der Waals surface area contributed by atoms with Crippen molar-refractivity contribution in [1.82, 2.24) is 4.90 Å². The van der Waals surface area contributed by atoms with Crippen LogP contribution in [0.25, 0.3) is 0 Å². The molecule has 1 aromatic rings. The molecule has 3 rings (SSSR count). The highest BCUT2D eigenvalue weighted by Crippen LogP contribution is 2.36. The number of nitrogens with zero attached hydrogens (tertiary/aromatic N) is 1. The number of amides is 1. The second-order valence-corrected chi connectivity index (χ2v) is 5.54. The first-order valence-corrected chi connectivity index (χ1v) is 6.95. The van der Waals surface area contributed by atoms with Crippen LogP contribution in [0.5, 0.6) is 0 Å². The third-order valence-electron chi connectivity index (χ3n) is 4.31. The smallest absolute Gasteiger partial charge is 0.222 e. The largest absolute Gasteiger partial charge is 0.338 e. The average molecular weight is 297 g/mol. The number of halogens is 3. The molecule has 1 aromatic carbocycles. The zero-order chi connectivity index (χ0) is 15.1. The molecule has 0 bridgehead atoms. The van der Waals surface area contributed by atoms with Crippen LogP contribution in [0.4, 0.5) is 13.2 Å². The Kier molecular flexibility index (Phi) is 3.47. The first-order chi connectivity index (χ1) is 9.99. The number of piperidine rings is 2. The van der Waals surface area contributed by atoms with Crippen LogP contribution >= 0.6 is 0 Å². The molecule has 2 aliphatic rings. The van der Waals surface area contributed by atoms with Gasteiger partial charge in [0.1, 0.15) is 5.78 Å². The van der Waals surface area contributed by atoms with E-state index in [2.05, 4.69) is 0 Å². The summed E-state index contributed by atoms with van der Waals surface area (Å²) in [5.41, 5.74) is 0.112. The van der Waals surface area contributed by atoms with Gasteiger partial charge in [-0.15, -0.1) is 0 Å². The molecule has 2 fully saturated rings. The lowest BCUT2D eigenvalue weighted by Crippen LogP contribution is -2.53. The minimum atomic E-state index is -1.54. The van der Waals surface area contributed by atoms with Gasteiger partial charge < -0.3 is 4.90 Å². The molecule has 0 saturated carbocycles. The van der Waals surface area contributed by atoms with E-state index in [0.717, 1.165) is 12.1 Å². The van der Waals surface area contributed by atoms with Crippen molar-refractivity contribution in [3.63, 3.8) is 0 Å². The van der Waals surface area contributed by atoms with Gasteiger partial charge in [-0.3, -0.25) is 9.59 Å². The van der Waals surface area contributed by atoms with Crippen molar-refractivity contribution in [2.24, 2.45) is 0 Å². The molecule has 2 atom stereocenters. The number of ketones is 1. The summed E-state index contributed by atoms with van der Waals surface area (Å²) in [5, 5.41) is 0. The first kappa shape index (κ1) is 14.1. The van der Waals surface area contributed by atoms with Crippen LogP contribution in [0, 0.1) is 17.5 Å². The second-order valence-electron chi connectivity index (χ2n) is 5.54.